The highest BCUT2D eigenvalue weighted by Gasteiger charge is 2.31. The molecule has 0 aliphatic carbocycles. The van der Waals surface area contributed by atoms with Gasteiger partial charge in [0.2, 0.25) is 0 Å². The molecule has 7 nitrogen and oxygen atoms in total. The Morgan fingerprint density at radius 1 is 1.06 bits per heavy atom. The van der Waals surface area contributed by atoms with Crippen LogP contribution < -0.4 is 4.90 Å². The summed E-state index contributed by atoms with van der Waals surface area (Å²) in [7, 11) is -3.60. The van der Waals surface area contributed by atoms with E-state index in [1.807, 2.05) is 19.1 Å². The molecule has 1 aromatic carbocycles. The molecule has 3 aromatic heterocycles. The third-order valence-electron chi connectivity index (χ3n) is 5.40. The van der Waals surface area contributed by atoms with Crippen molar-refractivity contribution in [3.8, 4) is 10.6 Å². The third kappa shape index (κ3) is 3.82. The second-order valence-corrected chi connectivity index (χ2v) is 10.7. The summed E-state index contributed by atoms with van der Waals surface area (Å²) in [6.07, 6.45) is 3.51. The van der Waals surface area contributed by atoms with Gasteiger partial charge in [0, 0.05) is 60.1 Å². The number of sulfonamides is 1. The summed E-state index contributed by atoms with van der Waals surface area (Å²) in [6, 6.07) is 10.8. The van der Waals surface area contributed by atoms with Crippen molar-refractivity contribution in [2.45, 2.75) is 11.9 Å². The molecular formula is C21H20ClN5O2S2. The van der Waals surface area contributed by atoms with Crippen molar-refractivity contribution in [2.24, 2.45) is 0 Å². The van der Waals surface area contributed by atoms with Gasteiger partial charge in [0.05, 0.1) is 5.69 Å². The minimum Gasteiger partial charge on any atom is -0.359 e. The van der Waals surface area contributed by atoms with Gasteiger partial charge >= 0.3 is 0 Å². The largest absolute Gasteiger partial charge is 0.359 e. The van der Waals surface area contributed by atoms with E-state index >= 15 is 0 Å². The summed E-state index contributed by atoms with van der Waals surface area (Å²) < 4.78 is 27.9. The fourth-order valence-electron chi connectivity index (χ4n) is 3.79. The summed E-state index contributed by atoms with van der Waals surface area (Å²) in [5.41, 5.74) is 2.75. The Bertz CT molecular complexity index is 1340. The monoisotopic (exact) mass is 473 g/mol. The average Bonchev–Trinajstić information content (AvgIpc) is 3.38. The maximum absolute atomic E-state index is 13.2. The fraction of sp³-hybridized carbons (Fsp3) is 0.238. The number of thiazole rings is 1. The highest BCUT2D eigenvalue weighted by Crippen LogP contribution is 2.35. The minimum absolute atomic E-state index is 0.201. The van der Waals surface area contributed by atoms with Crippen molar-refractivity contribution in [2.75, 3.05) is 31.1 Å². The molecule has 160 valence electrons. The Balaban J connectivity index is 1.33. The molecule has 0 bridgehead atoms. The maximum Gasteiger partial charge on any atom is 0.258 e. The third-order valence-corrected chi connectivity index (χ3v) is 8.72. The Kier molecular flexibility index (Phi) is 5.21. The molecule has 0 amide bonds. The van der Waals surface area contributed by atoms with Crippen molar-refractivity contribution in [1.82, 2.24) is 19.3 Å². The zero-order valence-electron chi connectivity index (χ0n) is 16.7. The minimum atomic E-state index is -3.60. The summed E-state index contributed by atoms with van der Waals surface area (Å²) in [5, 5.41) is 3.60. The number of hydrogen-bond donors (Lipinski definition) is 1. The van der Waals surface area contributed by atoms with E-state index in [1.54, 1.807) is 48.0 Å². The lowest BCUT2D eigenvalue weighted by Gasteiger charge is -2.34. The van der Waals surface area contributed by atoms with Crippen molar-refractivity contribution >= 4 is 48.9 Å². The number of nitrogens with zero attached hydrogens (tertiary/aromatic N) is 4. The van der Waals surface area contributed by atoms with Crippen LogP contribution in [-0.4, -0.2) is 53.9 Å². The number of rotatable bonds is 4. The van der Waals surface area contributed by atoms with Gasteiger partial charge in [-0.25, -0.2) is 13.4 Å². The number of halogens is 1. The zero-order chi connectivity index (χ0) is 21.6. The first-order valence-corrected chi connectivity index (χ1v) is 12.5. The maximum atomic E-state index is 13.2. The van der Waals surface area contributed by atoms with Crippen molar-refractivity contribution in [3.63, 3.8) is 0 Å². The van der Waals surface area contributed by atoms with Gasteiger partial charge in [-0.15, -0.1) is 0 Å². The van der Waals surface area contributed by atoms with Gasteiger partial charge in [0.1, 0.15) is 15.0 Å². The number of aromatic amines is 1. The van der Waals surface area contributed by atoms with Crippen LogP contribution in [0.25, 0.3) is 21.5 Å². The number of piperazine rings is 1. The molecule has 10 heteroatoms. The molecular weight excluding hydrogens is 454 g/mol. The number of fused-ring (bicyclic) bond motifs is 1. The number of nitrogens with one attached hydrogen (secondary N) is 1. The summed E-state index contributed by atoms with van der Waals surface area (Å²) >= 11 is 7.66. The summed E-state index contributed by atoms with van der Waals surface area (Å²) in [6.45, 7) is 4.06. The van der Waals surface area contributed by atoms with E-state index in [9.17, 15) is 8.42 Å². The highest BCUT2D eigenvalue weighted by atomic mass is 35.5. The Morgan fingerprint density at radius 3 is 2.55 bits per heavy atom. The molecule has 1 fully saturated rings. The topological polar surface area (TPSA) is 82.2 Å². The molecule has 1 saturated heterocycles. The number of H-pyrrole nitrogens is 1. The van der Waals surface area contributed by atoms with Crippen LogP contribution in [0.15, 0.2) is 53.8 Å². The number of hydrogen-bond acceptors (Lipinski definition) is 6. The number of anilines is 1. The van der Waals surface area contributed by atoms with Crippen molar-refractivity contribution in [1.29, 1.82) is 0 Å². The van der Waals surface area contributed by atoms with Gasteiger partial charge < -0.3 is 9.88 Å². The molecule has 4 heterocycles. The molecule has 0 unspecified atom stereocenters. The van der Waals surface area contributed by atoms with E-state index in [-0.39, 0.29) is 5.03 Å². The van der Waals surface area contributed by atoms with Gasteiger partial charge in [-0.3, -0.25) is 4.98 Å². The number of pyridine rings is 1. The lowest BCUT2D eigenvalue weighted by Crippen LogP contribution is -2.48. The van der Waals surface area contributed by atoms with E-state index < -0.39 is 10.0 Å². The molecule has 1 aliphatic rings. The lowest BCUT2D eigenvalue weighted by molar-refractivity contribution is 0.384. The van der Waals surface area contributed by atoms with Gasteiger partial charge in [0.15, 0.2) is 0 Å². The molecule has 1 N–H and O–H groups in total. The lowest BCUT2D eigenvalue weighted by atomic mass is 10.2. The predicted octanol–water partition coefficient (Wildman–Crippen LogP) is 4.16. The molecule has 1 aliphatic heterocycles. The first kappa shape index (κ1) is 20.4. The SMILES string of the molecule is Cc1nc(-c2ccncc2)sc1N1CCN(S(=O)(=O)c2cc3cc(Cl)ccc3[nH]2)CC1. The first-order valence-electron chi connectivity index (χ1n) is 9.83. The van der Waals surface area contributed by atoms with Crippen molar-refractivity contribution in [3.05, 3.63) is 59.5 Å². The van der Waals surface area contributed by atoms with Crippen LogP contribution in [0.1, 0.15) is 5.69 Å². The molecule has 0 atom stereocenters. The Morgan fingerprint density at radius 2 is 1.81 bits per heavy atom. The van der Waals surface area contributed by atoms with Gasteiger partial charge in [-0.2, -0.15) is 4.31 Å². The Hall–Kier alpha value is -2.46. The van der Waals surface area contributed by atoms with E-state index in [1.165, 1.54) is 4.31 Å². The molecule has 0 radical (unpaired) electrons. The van der Waals surface area contributed by atoms with Crippen LogP contribution in [0.3, 0.4) is 0 Å². The Labute approximate surface area is 189 Å². The van der Waals surface area contributed by atoms with Crippen LogP contribution >= 0.6 is 22.9 Å². The fourth-order valence-corrected chi connectivity index (χ4v) is 6.53. The summed E-state index contributed by atoms with van der Waals surface area (Å²) in [4.78, 5) is 14.0. The standard InChI is InChI=1S/C21H20ClN5O2S2/c1-14-21(30-20(24-14)15-4-6-23-7-5-15)26-8-10-27(11-9-26)31(28,29)19-13-16-12-17(22)2-3-18(16)25-19/h2-7,12-13,25H,8-11H2,1H3. The number of aryl methyl sites for hydroxylation is 1. The molecule has 5 rings (SSSR count). The van der Waals surface area contributed by atoms with Crippen LogP contribution in [0, 0.1) is 6.92 Å². The number of aromatic nitrogens is 3. The van der Waals surface area contributed by atoms with Crippen LogP contribution in [-0.2, 0) is 10.0 Å². The van der Waals surface area contributed by atoms with Gasteiger partial charge in [0.25, 0.3) is 10.0 Å². The van der Waals surface area contributed by atoms with E-state index in [0.29, 0.717) is 31.2 Å². The van der Waals surface area contributed by atoms with Crippen LogP contribution in [0.2, 0.25) is 5.02 Å². The molecule has 0 saturated carbocycles. The second kappa shape index (κ2) is 7.90. The average molecular weight is 474 g/mol. The normalized spacial score (nSPS) is 15.6. The molecule has 31 heavy (non-hydrogen) atoms. The van der Waals surface area contributed by atoms with E-state index in [2.05, 4.69) is 14.9 Å². The van der Waals surface area contributed by atoms with Crippen LogP contribution in [0.4, 0.5) is 5.00 Å². The van der Waals surface area contributed by atoms with Gasteiger partial charge in [-0.1, -0.05) is 22.9 Å². The van der Waals surface area contributed by atoms with Gasteiger partial charge in [-0.05, 0) is 43.3 Å². The summed E-state index contributed by atoms with van der Waals surface area (Å²) in [5.74, 6) is 0. The molecule has 0 spiro atoms. The second-order valence-electron chi connectivity index (χ2n) is 7.40. The first-order chi connectivity index (χ1) is 14.9. The zero-order valence-corrected chi connectivity index (χ0v) is 19.1. The smallest absolute Gasteiger partial charge is 0.258 e. The predicted molar refractivity (Wildman–Crippen MR) is 124 cm³/mol. The van der Waals surface area contributed by atoms with Crippen molar-refractivity contribution < 1.29 is 8.42 Å². The van der Waals surface area contributed by atoms with E-state index in [4.69, 9.17) is 16.6 Å². The highest BCUT2D eigenvalue weighted by molar-refractivity contribution is 7.89. The van der Waals surface area contributed by atoms with E-state index in [0.717, 1.165) is 32.2 Å². The molecule has 4 aromatic rings. The number of benzene rings is 1. The quantitative estimate of drug-likeness (QED) is 0.481. The van der Waals surface area contributed by atoms with Crippen LogP contribution in [0.5, 0.6) is 0 Å².